The van der Waals surface area contributed by atoms with Crippen LogP contribution in [0.4, 0.5) is 0 Å². The first-order chi connectivity index (χ1) is 1.73. The molecule has 0 aromatic carbocycles. The fraction of sp³-hybridized carbons (Fsp3) is 1.00. The summed E-state index contributed by atoms with van der Waals surface area (Å²) in [5.41, 5.74) is 0. The molecule has 0 N–H and O–H groups in total. The van der Waals surface area contributed by atoms with E-state index in [1.54, 1.807) is 0 Å². The first-order valence-corrected chi connectivity index (χ1v) is 2.53. The van der Waals surface area contributed by atoms with Crippen molar-refractivity contribution in [1.29, 1.82) is 0 Å². The molecule has 0 heterocycles. The maximum Gasteiger partial charge on any atom is -1.00 e. The summed E-state index contributed by atoms with van der Waals surface area (Å²) in [6.45, 7) is 0. The van der Waals surface area contributed by atoms with E-state index in [0.29, 0.717) is 0 Å². The van der Waals surface area contributed by atoms with Gasteiger partial charge < -0.3 is 18.8 Å². The van der Waals surface area contributed by atoms with Gasteiger partial charge in [-0.15, -0.1) is 0 Å². The Bertz CT molecular complexity index is 18.8. The molecule has 0 radical (unpaired) electrons. The van der Waals surface area contributed by atoms with Crippen LogP contribution < -0.4 is 18.8 Å². The molecule has 8 heavy (non-hydrogen) atoms. The van der Waals surface area contributed by atoms with E-state index in [2.05, 4.69) is 3.30 Å². The van der Waals surface area contributed by atoms with Gasteiger partial charge in [0.1, 0.15) is 0 Å². The summed E-state index contributed by atoms with van der Waals surface area (Å²) in [6, 6.07) is 0. The van der Waals surface area contributed by atoms with Crippen LogP contribution >= 0.6 is 0 Å². The van der Waals surface area contributed by atoms with E-state index in [-0.39, 0.29) is 18.8 Å². The van der Waals surface area contributed by atoms with E-state index >= 15 is 0 Å². The van der Waals surface area contributed by atoms with E-state index in [9.17, 15) is 0 Å². The van der Waals surface area contributed by atoms with Crippen molar-refractivity contribution in [2.24, 2.45) is 0 Å². The summed E-state index contributed by atoms with van der Waals surface area (Å²) in [6.07, 6.45) is 0. The second kappa shape index (κ2) is 26.1. The number of hydrogen-bond acceptors (Lipinski definition) is 1. The Labute approximate surface area is 58.1 Å². The predicted octanol–water partition coefficient (Wildman–Crippen LogP) is -12.0. The van der Waals surface area contributed by atoms with E-state index in [1.165, 1.54) is 21.3 Å². The topological polar surface area (TPSA) is 3.24 Å². The zero-order valence-electron chi connectivity index (χ0n) is 4.41. The Morgan fingerprint density at radius 1 is 0.875 bits per heavy atom. The third-order valence-electron chi connectivity index (χ3n) is 0. The fourth-order valence-electron chi connectivity index (χ4n) is 0. The summed E-state index contributed by atoms with van der Waals surface area (Å²) < 4.78 is 2.11. The van der Waals surface area contributed by atoms with Crippen molar-refractivity contribution in [2.75, 3.05) is 14.1 Å². The van der Waals surface area contributed by atoms with E-state index in [4.69, 9.17) is 0 Å². The molecule has 0 aromatic rings. The van der Waals surface area contributed by atoms with Crippen molar-refractivity contribution in [2.45, 2.75) is 0 Å². The van der Waals surface area contributed by atoms with E-state index in [1.807, 2.05) is 14.1 Å². The summed E-state index contributed by atoms with van der Waals surface area (Å²) in [5, 5.41) is 0. The summed E-state index contributed by atoms with van der Waals surface area (Å²) >= 11 is 1.35. The molecule has 0 bridgehead atoms. The molecule has 52 valence electrons. The van der Waals surface area contributed by atoms with Crippen LogP contribution in [0.25, 0.3) is 0 Å². The van der Waals surface area contributed by atoms with Gasteiger partial charge in [-0.3, -0.25) is 0 Å². The van der Waals surface area contributed by atoms with Crippen molar-refractivity contribution in [3.63, 3.8) is 0 Å². The van der Waals surface area contributed by atoms with Crippen LogP contribution in [0.2, 0.25) is 0 Å². The molecule has 0 amide bonds. The number of nitrogens with zero attached hydrogens (tertiary/aromatic N) is 1. The quantitative estimate of drug-likeness (QED) is 0.402. The zero-order valence-corrected chi connectivity index (χ0v) is 7.62. The molecule has 0 saturated heterocycles. The average molecular weight is 301 g/mol. The largest absolute Gasteiger partial charge is 1.00 e. The van der Waals surface area contributed by atoms with Crippen molar-refractivity contribution in [3.8, 4) is 0 Å². The van der Waals surface area contributed by atoms with Gasteiger partial charge in [-0.1, -0.05) is 0 Å². The molecule has 0 aliphatic heterocycles. The Balaban J connectivity index is -0.00000000750. The van der Waals surface area contributed by atoms with Gasteiger partial charge in [0.2, 0.25) is 0 Å². The molecular weight excluding hydrogens is 295 g/mol. The summed E-state index contributed by atoms with van der Waals surface area (Å²) in [4.78, 5) is 0. The molecule has 0 spiro atoms. The van der Waals surface area contributed by atoms with Gasteiger partial charge in [0.15, 0.2) is 0 Å². The third kappa shape index (κ3) is 1070. The minimum absolute atomic E-state index is 0. The second-order valence-electron chi connectivity index (χ2n) is 0.847. The van der Waals surface area contributed by atoms with Gasteiger partial charge >= 0.3 is 38.7 Å². The molecule has 6 heteroatoms. The van der Waals surface area contributed by atoms with Gasteiger partial charge in [0, 0.05) is 0 Å². The molecule has 1 nitrogen and oxygen atoms in total. The number of halogens is 4. The standard InChI is InChI=1S/C2H6N.4FH.Ta/c1-3-2;;;;;/h1-2H3;4*1H;/q-1;;;;;+5/p-4. The molecule has 0 fully saturated rings. The smallest absolute Gasteiger partial charge is 1.00 e. The van der Waals surface area contributed by atoms with Crippen molar-refractivity contribution < 1.29 is 40.1 Å². The normalized spacial score (nSPS) is 4.62. The summed E-state index contributed by atoms with van der Waals surface area (Å²) in [5.74, 6) is 0. The van der Waals surface area contributed by atoms with Gasteiger partial charge in [0.25, 0.3) is 0 Å². The van der Waals surface area contributed by atoms with Gasteiger partial charge in [0.05, 0.1) is 0 Å². The van der Waals surface area contributed by atoms with Crippen molar-refractivity contribution in [3.05, 3.63) is 0 Å². The van der Waals surface area contributed by atoms with Crippen LogP contribution in [-0.4, -0.2) is 17.4 Å². The van der Waals surface area contributed by atoms with Gasteiger partial charge in [-0.05, 0) is 0 Å². The Hall–Kier alpha value is 0.420. The van der Waals surface area contributed by atoms with Gasteiger partial charge in [-0.25, -0.2) is 0 Å². The Kier molecular flexibility index (Phi) is 130. The van der Waals surface area contributed by atoms with Crippen LogP contribution in [0.5, 0.6) is 0 Å². The third-order valence-corrected chi connectivity index (χ3v) is 0. The summed E-state index contributed by atoms with van der Waals surface area (Å²) in [7, 11) is 4.10. The maximum absolute atomic E-state index is 2.11. The SMILES string of the molecule is C[N](C)[Ta+4].[F-].[F-].[F-].[F-]. The molecule has 0 atom stereocenters. The molecule has 0 aliphatic carbocycles. The average Bonchev–Trinajstić information content (AvgIpc) is 0.811. The molecule has 0 saturated carbocycles. The zero-order chi connectivity index (χ0) is 3.58. The minimum Gasteiger partial charge on any atom is -1.00 e. The second-order valence-corrected chi connectivity index (χ2v) is 3.72. The predicted molar refractivity (Wildman–Crippen MR) is 13.7 cm³/mol. The number of rotatable bonds is 0. The molecule has 0 aliphatic rings. The molecule has 0 aromatic heterocycles. The fourth-order valence-corrected chi connectivity index (χ4v) is 0. The van der Waals surface area contributed by atoms with Crippen LogP contribution in [0.15, 0.2) is 0 Å². The van der Waals surface area contributed by atoms with Crippen LogP contribution in [-0.2, 0) is 21.3 Å². The Morgan fingerprint density at radius 3 is 0.875 bits per heavy atom. The molecular formula is C2H6F4NTa. The van der Waals surface area contributed by atoms with Crippen LogP contribution in [0, 0.1) is 0 Å². The van der Waals surface area contributed by atoms with Crippen LogP contribution in [0.1, 0.15) is 0 Å². The van der Waals surface area contributed by atoms with E-state index in [0.717, 1.165) is 0 Å². The maximum atomic E-state index is 2.11. The Morgan fingerprint density at radius 2 is 0.875 bits per heavy atom. The number of hydrogen-bond donors (Lipinski definition) is 0. The first-order valence-electron chi connectivity index (χ1n) is 1.09. The minimum atomic E-state index is 0. The first kappa shape index (κ1) is 39.6. The van der Waals surface area contributed by atoms with Crippen molar-refractivity contribution >= 4 is 0 Å². The monoisotopic (exact) mass is 301 g/mol. The van der Waals surface area contributed by atoms with Crippen LogP contribution in [0.3, 0.4) is 0 Å². The molecule has 0 unspecified atom stereocenters. The van der Waals surface area contributed by atoms with Crippen molar-refractivity contribution in [1.82, 2.24) is 3.30 Å². The van der Waals surface area contributed by atoms with E-state index < -0.39 is 0 Å². The van der Waals surface area contributed by atoms with Gasteiger partial charge in [-0.2, -0.15) is 0 Å². The molecule has 0 rings (SSSR count).